The van der Waals surface area contributed by atoms with Crippen LogP contribution in [0.2, 0.25) is 0 Å². The summed E-state index contributed by atoms with van der Waals surface area (Å²) in [5, 5.41) is 12.8. The molecule has 17 heavy (non-hydrogen) atoms. The molecule has 4 heteroatoms. The van der Waals surface area contributed by atoms with Crippen molar-refractivity contribution >= 4 is 5.91 Å². The maximum Gasteiger partial charge on any atom is 0.222 e. The van der Waals surface area contributed by atoms with Crippen LogP contribution in [0.15, 0.2) is 0 Å². The van der Waals surface area contributed by atoms with Crippen molar-refractivity contribution in [2.75, 3.05) is 26.2 Å². The molecule has 2 rings (SSSR count). The molecular formula is C13H24N2O2. The molecular weight excluding hydrogens is 216 g/mol. The van der Waals surface area contributed by atoms with Crippen LogP contribution >= 0.6 is 0 Å². The number of piperidine rings is 1. The van der Waals surface area contributed by atoms with E-state index in [1.165, 1.54) is 0 Å². The van der Waals surface area contributed by atoms with Crippen LogP contribution in [0.25, 0.3) is 0 Å². The Morgan fingerprint density at radius 2 is 2.12 bits per heavy atom. The van der Waals surface area contributed by atoms with Crippen molar-refractivity contribution < 1.29 is 9.90 Å². The zero-order valence-corrected chi connectivity index (χ0v) is 10.7. The van der Waals surface area contributed by atoms with Crippen molar-refractivity contribution in [2.45, 2.75) is 38.7 Å². The van der Waals surface area contributed by atoms with Crippen LogP contribution < -0.4 is 5.32 Å². The molecule has 0 unspecified atom stereocenters. The van der Waals surface area contributed by atoms with Gasteiger partial charge in [0.1, 0.15) is 0 Å². The number of hydrogen-bond acceptors (Lipinski definition) is 3. The number of likely N-dealkylation sites (tertiary alicyclic amines) is 1. The van der Waals surface area contributed by atoms with E-state index in [4.69, 9.17) is 0 Å². The average molecular weight is 240 g/mol. The number of hydrogen-bond donors (Lipinski definition) is 2. The Morgan fingerprint density at radius 3 is 2.71 bits per heavy atom. The molecule has 0 spiro atoms. The van der Waals surface area contributed by atoms with Gasteiger partial charge in [-0.15, -0.1) is 0 Å². The van der Waals surface area contributed by atoms with Gasteiger partial charge in [0.25, 0.3) is 0 Å². The second kappa shape index (κ2) is 5.83. The van der Waals surface area contributed by atoms with E-state index in [1.807, 2.05) is 11.8 Å². The van der Waals surface area contributed by atoms with Crippen molar-refractivity contribution in [3.63, 3.8) is 0 Å². The van der Waals surface area contributed by atoms with Crippen molar-refractivity contribution in [3.05, 3.63) is 0 Å². The van der Waals surface area contributed by atoms with Crippen LogP contribution in [-0.2, 0) is 4.79 Å². The molecule has 0 aliphatic carbocycles. The first-order chi connectivity index (χ1) is 8.16. The number of rotatable bonds is 3. The lowest BCUT2D eigenvalue weighted by Gasteiger charge is -2.25. The summed E-state index contributed by atoms with van der Waals surface area (Å²) < 4.78 is 0. The van der Waals surface area contributed by atoms with Gasteiger partial charge in [0.15, 0.2) is 0 Å². The Hall–Kier alpha value is -0.610. The largest absolute Gasteiger partial charge is 0.393 e. The predicted octanol–water partition coefficient (Wildman–Crippen LogP) is 0.605. The van der Waals surface area contributed by atoms with E-state index < -0.39 is 0 Å². The topological polar surface area (TPSA) is 52.6 Å². The van der Waals surface area contributed by atoms with Gasteiger partial charge in [0.2, 0.25) is 5.91 Å². The van der Waals surface area contributed by atoms with Crippen LogP contribution in [0.4, 0.5) is 0 Å². The quantitative estimate of drug-likeness (QED) is 0.760. The second-order valence-corrected chi connectivity index (χ2v) is 5.53. The summed E-state index contributed by atoms with van der Waals surface area (Å²) >= 11 is 0. The Kier molecular flexibility index (Phi) is 4.40. The third-order valence-electron chi connectivity index (χ3n) is 4.18. The molecule has 0 saturated carbocycles. The molecule has 2 atom stereocenters. The normalized spacial score (nSPS) is 28.4. The molecule has 2 fully saturated rings. The van der Waals surface area contributed by atoms with E-state index in [9.17, 15) is 9.90 Å². The maximum absolute atomic E-state index is 12.1. The highest BCUT2D eigenvalue weighted by Crippen LogP contribution is 2.23. The zero-order chi connectivity index (χ0) is 12.3. The van der Waals surface area contributed by atoms with E-state index in [-0.39, 0.29) is 12.0 Å². The number of aliphatic hydroxyl groups excluding tert-OH is 1. The summed E-state index contributed by atoms with van der Waals surface area (Å²) in [6.07, 6.45) is 3.62. The Labute approximate surface area is 103 Å². The molecule has 0 bridgehead atoms. The van der Waals surface area contributed by atoms with Crippen LogP contribution in [0.1, 0.15) is 32.6 Å². The molecule has 2 aliphatic rings. The summed E-state index contributed by atoms with van der Waals surface area (Å²) in [7, 11) is 0. The highest BCUT2D eigenvalue weighted by atomic mass is 16.3. The van der Waals surface area contributed by atoms with E-state index in [2.05, 4.69) is 5.32 Å². The third kappa shape index (κ3) is 3.42. The maximum atomic E-state index is 12.1. The number of aliphatic hydroxyl groups is 1. The first-order valence-electron chi connectivity index (χ1n) is 6.83. The van der Waals surface area contributed by atoms with Gasteiger partial charge in [-0.1, -0.05) is 0 Å². The lowest BCUT2D eigenvalue weighted by molar-refractivity contribution is -0.131. The van der Waals surface area contributed by atoms with Gasteiger partial charge in [-0.25, -0.2) is 0 Å². The number of carbonyl (C=O) groups excluding carboxylic acids is 1. The minimum Gasteiger partial charge on any atom is -0.393 e. The molecule has 0 radical (unpaired) electrons. The fraction of sp³-hybridized carbons (Fsp3) is 0.923. The Balaban J connectivity index is 1.76. The van der Waals surface area contributed by atoms with Crippen molar-refractivity contribution in [2.24, 2.45) is 11.8 Å². The van der Waals surface area contributed by atoms with Crippen LogP contribution in [0.3, 0.4) is 0 Å². The van der Waals surface area contributed by atoms with Gasteiger partial charge in [-0.05, 0) is 45.2 Å². The number of amides is 1. The first kappa shape index (κ1) is 12.8. The summed E-state index contributed by atoms with van der Waals surface area (Å²) in [4.78, 5) is 14.0. The third-order valence-corrected chi connectivity index (χ3v) is 4.18. The molecule has 2 saturated heterocycles. The average Bonchev–Trinajstić information content (AvgIpc) is 2.79. The molecule has 0 aromatic carbocycles. The SMILES string of the molecule is C[C@H](O)[C@@H]1CCN(C(=O)CC2CCNCC2)C1. The Bertz CT molecular complexity index is 262. The summed E-state index contributed by atoms with van der Waals surface area (Å²) in [6, 6.07) is 0. The highest BCUT2D eigenvalue weighted by Gasteiger charge is 2.30. The summed E-state index contributed by atoms with van der Waals surface area (Å²) in [6.45, 7) is 5.51. The Morgan fingerprint density at radius 1 is 1.41 bits per heavy atom. The zero-order valence-electron chi connectivity index (χ0n) is 10.7. The van der Waals surface area contributed by atoms with Crippen LogP contribution in [0, 0.1) is 11.8 Å². The van der Waals surface area contributed by atoms with Crippen molar-refractivity contribution in [1.29, 1.82) is 0 Å². The van der Waals surface area contributed by atoms with Gasteiger partial charge in [0.05, 0.1) is 6.10 Å². The van der Waals surface area contributed by atoms with Crippen LogP contribution in [-0.4, -0.2) is 48.2 Å². The monoisotopic (exact) mass is 240 g/mol. The van der Waals surface area contributed by atoms with E-state index in [1.54, 1.807) is 0 Å². The molecule has 4 nitrogen and oxygen atoms in total. The number of nitrogens with one attached hydrogen (secondary N) is 1. The summed E-state index contributed by atoms with van der Waals surface area (Å²) in [5.74, 6) is 1.14. The lowest BCUT2D eigenvalue weighted by Crippen LogP contribution is -2.34. The molecule has 2 aliphatic heterocycles. The molecule has 2 heterocycles. The van der Waals surface area contributed by atoms with Gasteiger partial charge in [-0.2, -0.15) is 0 Å². The lowest BCUT2D eigenvalue weighted by atomic mass is 9.94. The first-order valence-corrected chi connectivity index (χ1v) is 6.83. The van der Waals surface area contributed by atoms with Gasteiger partial charge in [0, 0.05) is 25.4 Å². The molecule has 98 valence electrons. The van der Waals surface area contributed by atoms with Crippen LogP contribution in [0.5, 0.6) is 0 Å². The minimum absolute atomic E-state index is 0.284. The number of nitrogens with zero attached hydrogens (tertiary/aromatic N) is 1. The fourth-order valence-electron chi connectivity index (χ4n) is 2.87. The van der Waals surface area contributed by atoms with Gasteiger partial charge >= 0.3 is 0 Å². The van der Waals surface area contributed by atoms with Gasteiger partial charge in [-0.3, -0.25) is 4.79 Å². The molecule has 2 N–H and O–H groups in total. The van der Waals surface area contributed by atoms with Crippen molar-refractivity contribution in [3.8, 4) is 0 Å². The van der Waals surface area contributed by atoms with Crippen molar-refractivity contribution in [1.82, 2.24) is 10.2 Å². The fourth-order valence-corrected chi connectivity index (χ4v) is 2.87. The molecule has 0 aromatic rings. The van der Waals surface area contributed by atoms with Gasteiger partial charge < -0.3 is 15.3 Å². The molecule has 1 amide bonds. The minimum atomic E-state index is -0.285. The molecule has 0 aromatic heterocycles. The summed E-state index contributed by atoms with van der Waals surface area (Å²) in [5.41, 5.74) is 0. The van der Waals surface area contributed by atoms with E-state index in [0.29, 0.717) is 18.2 Å². The smallest absolute Gasteiger partial charge is 0.222 e. The number of carbonyl (C=O) groups is 1. The predicted molar refractivity (Wildman–Crippen MR) is 66.6 cm³/mol. The second-order valence-electron chi connectivity index (χ2n) is 5.53. The van der Waals surface area contributed by atoms with E-state index >= 15 is 0 Å². The standard InChI is InChI=1S/C13H24N2O2/c1-10(16)12-4-7-15(9-12)13(17)8-11-2-5-14-6-3-11/h10-12,14,16H,2-9H2,1H3/t10-,12+/m0/s1. The van der Waals surface area contributed by atoms with E-state index in [0.717, 1.165) is 45.4 Å². The highest BCUT2D eigenvalue weighted by molar-refractivity contribution is 5.76.